The second-order valence-corrected chi connectivity index (χ2v) is 12.6. The number of piperazine rings is 1. The third-order valence-electron chi connectivity index (χ3n) is 7.01. The number of sulfone groups is 1. The minimum Gasteiger partial charge on any atom is -0.493 e. The van der Waals surface area contributed by atoms with Crippen LogP contribution in [0.15, 0.2) is 30.3 Å². The normalized spacial score (nSPS) is 17.2. The largest absolute Gasteiger partial charge is 0.493 e. The summed E-state index contributed by atoms with van der Waals surface area (Å²) in [6, 6.07) is 7.59. The summed E-state index contributed by atoms with van der Waals surface area (Å²) in [5.41, 5.74) is 1.79. The van der Waals surface area contributed by atoms with Crippen molar-refractivity contribution in [3.8, 4) is 11.5 Å². The number of halogens is 1. The number of methoxy groups -OCH3 is 1. The molecule has 0 unspecified atom stereocenters. The number of amides is 2. The zero-order valence-corrected chi connectivity index (χ0v) is 24.3. The van der Waals surface area contributed by atoms with E-state index in [1.807, 2.05) is 14.0 Å². The Morgan fingerprint density at radius 3 is 2.49 bits per heavy atom. The zero-order chi connectivity index (χ0) is 28.3. The first kappa shape index (κ1) is 29.1. The standard InChI is InChI=1S/C27H35ClN4O6S/c1-5-38-24-14-18(6-9-23(24)37-3)22(17-39(4,35)36)32-15-19-20(28)7-8-21(26(19)27(32)34)29-25(33)16-31-12-10-30(2)11-13-31/h6-9,14,22H,5,10-13,15-17H2,1-4H3,(H,29,33)/t22-/m0/s1. The molecule has 0 radical (unpaired) electrons. The molecule has 0 bridgehead atoms. The summed E-state index contributed by atoms with van der Waals surface area (Å²) < 4.78 is 36.0. The molecule has 1 N–H and O–H groups in total. The lowest BCUT2D eigenvalue weighted by Gasteiger charge is -2.31. The number of fused-ring (bicyclic) bond motifs is 1. The van der Waals surface area contributed by atoms with Gasteiger partial charge in [0, 0.05) is 49.6 Å². The summed E-state index contributed by atoms with van der Waals surface area (Å²) in [5, 5.41) is 3.27. The van der Waals surface area contributed by atoms with E-state index in [1.54, 1.807) is 30.3 Å². The average Bonchev–Trinajstić information content (AvgIpc) is 3.23. The van der Waals surface area contributed by atoms with Gasteiger partial charge in [-0.05, 0) is 43.8 Å². The van der Waals surface area contributed by atoms with Gasteiger partial charge >= 0.3 is 0 Å². The van der Waals surface area contributed by atoms with E-state index in [-0.39, 0.29) is 30.3 Å². The highest BCUT2D eigenvalue weighted by molar-refractivity contribution is 7.90. The molecule has 12 heteroatoms. The number of nitrogens with zero attached hydrogens (tertiary/aromatic N) is 3. The fourth-order valence-electron chi connectivity index (χ4n) is 4.98. The highest BCUT2D eigenvalue weighted by atomic mass is 35.5. The van der Waals surface area contributed by atoms with Crippen LogP contribution < -0.4 is 14.8 Å². The molecule has 10 nitrogen and oxygen atoms in total. The van der Waals surface area contributed by atoms with Crippen LogP contribution in [0.25, 0.3) is 0 Å². The van der Waals surface area contributed by atoms with Crippen molar-refractivity contribution in [1.82, 2.24) is 14.7 Å². The van der Waals surface area contributed by atoms with Crippen LogP contribution in [-0.2, 0) is 21.2 Å². The van der Waals surface area contributed by atoms with Gasteiger partial charge in [-0.1, -0.05) is 17.7 Å². The van der Waals surface area contributed by atoms with Crippen molar-refractivity contribution in [3.63, 3.8) is 0 Å². The molecule has 2 heterocycles. The smallest absolute Gasteiger partial charge is 0.257 e. The van der Waals surface area contributed by atoms with Gasteiger partial charge in [0.1, 0.15) is 9.84 Å². The van der Waals surface area contributed by atoms with Crippen LogP contribution in [0.3, 0.4) is 0 Å². The number of rotatable bonds is 10. The van der Waals surface area contributed by atoms with Crippen LogP contribution in [0.1, 0.15) is 34.5 Å². The molecular weight excluding hydrogens is 544 g/mol. The Morgan fingerprint density at radius 1 is 1.13 bits per heavy atom. The Balaban J connectivity index is 1.63. The minimum atomic E-state index is -3.50. The van der Waals surface area contributed by atoms with E-state index >= 15 is 0 Å². The molecule has 2 aliphatic rings. The lowest BCUT2D eigenvalue weighted by Crippen LogP contribution is -2.47. The molecule has 1 saturated heterocycles. The summed E-state index contributed by atoms with van der Waals surface area (Å²) in [6.45, 7) is 5.88. The van der Waals surface area contributed by atoms with E-state index in [2.05, 4.69) is 15.1 Å². The monoisotopic (exact) mass is 578 g/mol. The molecular formula is C27H35ClN4O6S. The van der Waals surface area contributed by atoms with E-state index in [4.69, 9.17) is 21.1 Å². The summed E-state index contributed by atoms with van der Waals surface area (Å²) in [7, 11) is 0.0718. The molecule has 2 aliphatic heterocycles. The van der Waals surface area contributed by atoms with Gasteiger partial charge in [0.2, 0.25) is 5.91 Å². The fraction of sp³-hybridized carbons (Fsp3) is 0.481. The molecule has 0 aromatic heterocycles. The number of carbonyl (C=O) groups is 2. The second kappa shape index (κ2) is 12.1. The molecule has 39 heavy (non-hydrogen) atoms. The molecule has 4 rings (SSSR count). The van der Waals surface area contributed by atoms with Crippen molar-refractivity contribution in [3.05, 3.63) is 52.0 Å². The Morgan fingerprint density at radius 2 is 1.85 bits per heavy atom. The van der Waals surface area contributed by atoms with Crippen LogP contribution in [0.2, 0.25) is 5.02 Å². The van der Waals surface area contributed by atoms with Crippen LogP contribution in [0.5, 0.6) is 11.5 Å². The number of anilines is 1. The Kier molecular flexibility index (Phi) is 9.05. The van der Waals surface area contributed by atoms with Crippen molar-refractivity contribution in [2.75, 3.05) is 70.8 Å². The lowest BCUT2D eigenvalue weighted by atomic mass is 10.1. The van der Waals surface area contributed by atoms with Gasteiger partial charge < -0.3 is 24.6 Å². The molecule has 1 atom stereocenters. The molecule has 0 saturated carbocycles. The molecule has 2 aromatic carbocycles. The SMILES string of the molecule is CCOc1cc([C@H](CS(C)(=O)=O)N2Cc3c(Cl)ccc(NC(=O)CN4CCN(C)CC4)c3C2=O)ccc1OC. The van der Waals surface area contributed by atoms with Crippen molar-refractivity contribution in [2.45, 2.75) is 19.5 Å². The maximum absolute atomic E-state index is 13.9. The van der Waals surface area contributed by atoms with E-state index in [9.17, 15) is 18.0 Å². The third-order valence-corrected chi connectivity index (χ3v) is 8.28. The van der Waals surface area contributed by atoms with Gasteiger partial charge in [0.05, 0.1) is 43.3 Å². The van der Waals surface area contributed by atoms with Crippen molar-refractivity contribution in [2.24, 2.45) is 0 Å². The van der Waals surface area contributed by atoms with E-state index in [0.717, 1.165) is 32.4 Å². The van der Waals surface area contributed by atoms with Crippen LogP contribution in [0.4, 0.5) is 5.69 Å². The summed E-state index contributed by atoms with van der Waals surface area (Å²) in [4.78, 5) is 32.5. The Bertz CT molecular complexity index is 1340. The van der Waals surface area contributed by atoms with E-state index in [1.165, 1.54) is 12.0 Å². The first-order chi connectivity index (χ1) is 18.5. The maximum atomic E-state index is 13.9. The minimum absolute atomic E-state index is 0.103. The molecule has 212 valence electrons. The molecule has 2 aromatic rings. The van der Waals surface area contributed by atoms with Crippen LogP contribution in [0, 0.1) is 0 Å². The first-order valence-electron chi connectivity index (χ1n) is 12.8. The topological polar surface area (TPSA) is 108 Å². The number of likely N-dealkylation sites (N-methyl/N-ethyl adjacent to an activating group) is 1. The van der Waals surface area contributed by atoms with Crippen molar-refractivity contribution in [1.29, 1.82) is 0 Å². The molecule has 2 amide bonds. The van der Waals surface area contributed by atoms with E-state index in [0.29, 0.717) is 39.9 Å². The predicted octanol–water partition coefficient (Wildman–Crippen LogP) is 2.67. The number of carbonyl (C=O) groups excluding carboxylic acids is 2. The highest BCUT2D eigenvalue weighted by Gasteiger charge is 2.38. The molecule has 0 aliphatic carbocycles. The van der Waals surface area contributed by atoms with Crippen molar-refractivity contribution >= 4 is 38.9 Å². The summed E-state index contributed by atoms with van der Waals surface area (Å²) in [6.07, 6.45) is 1.14. The fourth-order valence-corrected chi connectivity index (χ4v) is 6.15. The first-order valence-corrected chi connectivity index (χ1v) is 15.3. The predicted molar refractivity (Wildman–Crippen MR) is 151 cm³/mol. The third kappa shape index (κ3) is 6.84. The van der Waals surface area contributed by atoms with Gasteiger partial charge in [-0.25, -0.2) is 8.42 Å². The van der Waals surface area contributed by atoms with Gasteiger partial charge in [-0.2, -0.15) is 0 Å². The molecule has 1 fully saturated rings. The highest BCUT2D eigenvalue weighted by Crippen LogP contribution is 2.40. The van der Waals surface area contributed by atoms with Gasteiger partial charge in [-0.15, -0.1) is 0 Å². The number of hydrogen-bond acceptors (Lipinski definition) is 8. The van der Waals surface area contributed by atoms with E-state index < -0.39 is 21.8 Å². The Labute approximate surface area is 234 Å². The van der Waals surface area contributed by atoms with Gasteiger partial charge in [0.25, 0.3) is 5.91 Å². The second-order valence-electron chi connectivity index (χ2n) is 9.96. The quantitative estimate of drug-likeness (QED) is 0.458. The summed E-state index contributed by atoms with van der Waals surface area (Å²) >= 11 is 6.51. The number of ether oxygens (including phenoxy) is 2. The average molecular weight is 579 g/mol. The maximum Gasteiger partial charge on any atom is 0.257 e. The number of hydrogen-bond donors (Lipinski definition) is 1. The lowest BCUT2D eigenvalue weighted by molar-refractivity contribution is -0.117. The molecule has 0 spiro atoms. The van der Waals surface area contributed by atoms with Crippen molar-refractivity contribution < 1.29 is 27.5 Å². The van der Waals surface area contributed by atoms with Gasteiger partial charge in [0.15, 0.2) is 11.5 Å². The zero-order valence-electron chi connectivity index (χ0n) is 22.7. The van der Waals surface area contributed by atoms with Gasteiger partial charge in [-0.3, -0.25) is 14.5 Å². The van der Waals surface area contributed by atoms with Crippen LogP contribution in [-0.4, -0.2) is 100 Å². The summed E-state index contributed by atoms with van der Waals surface area (Å²) in [5.74, 6) is 0.0374. The number of nitrogens with one attached hydrogen (secondary N) is 1. The van der Waals surface area contributed by atoms with Crippen LogP contribution >= 0.6 is 11.6 Å². The Hall–Kier alpha value is -2.86. The number of benzene rings is 2.